The second kappa shape index (κ2) is 4.65. The van der Waals surface area contributed by atoms with Gasteiger partial charge in [-0.3, -0.25) is 0 Å². The van der Waals surface area contributed by atoms with Crippen molar-refractivity contribution in [3.63, 3.8) is 0 Å². The number of alkyl halides is 1. The predicted octanol–water partition coefficient (Wildman–Crippen LogP) is 2.74. The molecule has 0 amide bonds. The number of rotatable bonds is 4. The van der Waals surface area contributed by atoms with E-state index in [9.17, 15) is 4.79 Å². The lowest BCUT2D eigenvalue weighted by Crippen LogP contribution is -2.07. The fourth-order valence-corrected chi connectivity index (χ4v) is 2.68. The van der Waals surface area contributed by atoms with Gasteiger partial charge in [0.05, 0.1) is 11.9 Å². The van der Waals surface area contributed by atoms with Crippen molar-refractivity contribution in [3.05, 3.63) is 28.2 Å². The van der Waals surface area contributed by atoms with Crippen molar-refractivity contribution in [1.29, 1.82) is 0 Å². The molecule has 2 aromatic rings. The molecule has 2 heterocycles. The summed E-state index contributed by atoms with van der Waals surface area (Å²) in [6, 6.07) is 0. The molecule has 5 nitrogen and oxygen atoms in total. The van der Waals surface area contributed by atoms with Crippen molar-refractivity contribution in [2.24, 2.45) is 0 Å². The Labute approximate surface area is 119 Å². The third kappa shape index (κ3) is 2.07. The molecule has 1 fully saturated rings. The van der Waals surface area contributed by atoms with Crippen LogP contribution in [0.1, 0.15) is 40.4 Å². The summed E-state index contributed by atoms with van der Waals surface area (Å²) >= 11 is 12.1. The second-order valence-electron chi connectivity index (χ2n) is 4.58. The first-order valence-corrected chi connectivity index (χ1v) is 6.90. The number of halogens is 2. The number of aromatic nitrogens is 3. The average Bonchev–Trinajstić information content (AvgIpc) is 3.12. The van der Waals surface area contributed by atoms with Gasteiger partial charge < -0.3 is 5.11 Å². The third-order valence-corrected chi connectivity index (χ3v) is 3.83. The standard InChI is InChI=1S/C12H11Cl2N3O2/c13-4-3-7-9(6-1-2-6)16-11-8(12(18)19)5-15-17(11)10(7)14/h5-6H,1-4H2,(H,18,19). The zero-order valence-corrected chi connectivity index (χ0v) is 11.4. The summed E-state index contributed by atoms with van der Waals surface area (Å²) in [6.45, 7) is 0. The van der Waals surface area contributed by atoms with Gasteiger partial charge in [-0.25, -0.2) is 14.3 Å². The van der Waals surface area contributed by atoms with Gasteiger partial charge in [0, 0.05) is 17.4 Å². The molecule has 0 spiro atoms. The third-order valence-electron chi connectivity index (χ3n) is 3.25. The van der Waals surface area contributed by atoms with Gasteiger partial charge in [-0.2, -0.15) is 5.10 Å². The van der Waals surface area contributed by atoms with Crippen molar-refractivity contribution in [3.8, 4) is 0 Å². The van der Waals surface area contributed by atoms with E-state index in [1.54, 1.807) is 0 Å². The maximum atomic E-state index is 11.1. The molecule has 100 valence electrons. The first-order valence-electron chi connectivity index (χ1n) is 5.98. The van der Waals surface area contributed by atoms with Gasteiger partial charge in [-0.15, -0.1) is 11.6 Å². The van der Waals surface area contributed by atoms with Crippen molar-refractivity contribution < 1.29 is 9.90 Å². The molecule has 2 aromatic heterocycles. The molecular formula is C12H11Cl2N3O2. The molecule has 3 rings (SSSR count). The Morgan fingerprint density at radius 2 is 2.26 bits per heavy atom. The summed E-state index contributed by atoms with van der Waals surface area (Å²) in [7, 11) is 0. The molecule has 1 aliphatic rings. The topological polar surface area (TPSA) is 67.5 Å². The minimum absolute atomic E-state index is 0.0706. The van der Waals surface area contributed by atoms with Crippen molar-refractivity contribution in [2.75, 3.05) is 5.88 Å². The number of hydrogen-bond acceptors (Lipinski definition) is 3. The van der Waals surface area contributed by atoms with E-state index in [4.69, 9.17) is 28.3 Å². The highest BCUT2D eigenvalue weighted by atomic mass is 35.5. The molecule has 1 aliphatic carbocycles. The molecule has 0 radical (unpaired) electrons. The van der Waals surface area contributed by atoms with Crippen LogP contribution in [0.25, 0.3) is 5.65 Å². The lowest BCUT2D eigenvalue weighted by Gasteiger charge is -2.10. The van der Waals surface area contributed by atoms with Crippen molar-refractivity contribution >= 4 is 34.8 Å². The largest absolute Gasteiger partial charge is 0.477 e. The maximum absolute atomic E-state index is 11.1. The number of aromatic carboxylic acids is 1. The lowest BCUT2D eigenvalue weighted by atomic mass is 10.1. The minimum atomic E-state index is -1.05. The summed E-state index contributed by atoms with van der Waals surface area (Å²) in [4.78, 5) is 15.6. The molecule has 0 aromatic carbocycles. The Bertz CT molecular complexity index is 665. The van der Waals surface area contributed by atoms with E-state index in [-0.39, 0.29) is 5.56 Å². The number of nitrogens with zero attached hydrogens (tertiary/aromatic N) is 3. The molecule has 1 saturated carbocycles. The number of carboxylic acids is 1. The van der Waals surface area contributed by atoms with E-state index in [2.05, 4.69) is 10.1 Å². The fourth-order valence-electron chi connectivity index (χ4n) is 2.18. The molecule has 0 atom stereocenters. The minimum Gasteiger partial charge on any atom is -0.477 e. The van der Waals surface area contributed by atoms with Crippen LogP contribution in [0, 0.1) is 0 Å². The van der Waals surface area contributed by atoms with E-state index in [0.717, 1.165) is 24.1 Å². The summed E-state index contributed by atoms with van der Waals surface area (Å²) < 4.78 is 1.37. The lowest BCUT2D eigenvalue weighted by molar-refractivity contribution is 0.0699. The Kier molecular flexibility index (Phi) is 3.11. The van der Waals surface area contributed by atoms with Crippen LogP contribution in [-0.4, -0.2) is 31.6 Å². The van der Waals surface area contributed by atoms with Crippen molar-refractivity contribution in [2.45, 2.75) is 25.2 Å². The predicted molar refractivity (Wildman–Crippen MR) is 71.4 cm³/mol. The van der Waals surface area contributed by atoms with Gasteiger partial charge >= 0.3 is 5.97 Å². The first kappa shape index (κ1) is 12.7. The van der Waals surface area contributed by atoms with Gasteiger partial charge in [0.15, 0.2) is 5.65 Å². The van der Waals surface area contributed by atoms with Gasteiger partial charge in [-0.1, -0.05) is 11.6 Å². The van der Waals surface area contributed by atoms with E-state index < -0.39 is 5.97 Å². The summed E-state index contributed by atoms with van der Waals surface area (Å²) in [5.74, 6) is -0.234. The summed E-state index contributed by atoms with van der Waals surface area (Å²) in [6.07, 6.45) is 4.01. The fraction of sp³-hybridized carbons (Fsp3) is 0.417. The van der Waals surface area contributed by atoms with Gasteiger partial charge in [0.1, 0.15) is 10.7 Å². The average molecular weight is 300 g/mol. The van der Waals surface area contributed by atoms with Crippen LogP contribution >= 0.6 is 23.2 Å². The zero-order chi connectivity index (χ0) is 13.6. The van der Waals surface area contributed by atoms with Crippen molar-refractivity contribution in [1.82, 2.24) is 14.6 Å². The van der Waals surface area contributed by atoms with E-state index in [1.165, 1.54) is 10.7 Å². The Hall–Kier alpha value is -1.33. The zero-order valence-electron chi connectivity index (χ0n) is 9.94. The smallest absolute Gasteiger partial charge is 0.341 e. The van der Waals surface area contributed by atoms with Crippen LogP contribution in [0.5, 0.6) is 0 Å². The Balaban J connectivity index is 2.27. The molecule has 0 bridgehead atoms. The van der Waals surface area contributed by atoms with Crippen LogP contribution in [0.4, 0.5) is 0 Å². The molecule has 19 heavy (non-hydrogen) atoms. The molecule has 0 unspecified atom stereocenters. The highest BCUT2D eigenvalue weighted by molar-refractivity contribution is 6.30. The SMILES string of the molecule is O=C(O)c1cnn2c(Cl)c(CCCl)c(C3CC3)nc12. The molecule has 1 N–H and O–H groups in total. The van der Waals surface area contributed by atoms with Crippen LogP contribution in [0.3, 0.4) is 0 Å². The van der Waals surface area contributed by atoms with E-state index >= 15 is 0 Å². The highest BCUT2D eigenvalue weighted by Crippen LogP contribution is 2.42. The molecule has 7 heteroatoms. The number of carboxylic acid groups (broad SMARTS) is 1. The molecule has 0 saturated heterocycles. The maximum Gasteiger partial charge on any atom is 0.341 e. The quantitative estimate of drug-likeness (QED) is 0.696. The van der Waals surface area contributed by atoms with Gasteiger partial charge in [0.25, 0.3) is 0 Å². The summed E-state index contributed by atoms with van der Waals surface area (Å²) in [5.41, 5.74) is 2.13. The Morgan fingerprint density at radius 3 is 2.84 bits per heavy atom. The first-order chi connectivity index (χ1) is 9.13. The normalized spacial score (nSPS) is 15.1. The molecule has 0 aliphatic heterocycles. The number of fused-ring (bicyclic) bond motifs is 1. The second-order valence-corrected chi connectivity index (χ2v) is 5.31. The van der Waals surface area contributed by atoms with Crippen LogP contribution in [0.15, 0.2) is 6.20 Å². The monoisotopic (exact) mass is 299 g/mol. The summed E-state index contributed by atoms with van der Waals surface area (Å²) in [5, 5.41) is 13.5. The Morgan fingerprint density at radius 1 is 1.53 bits per heavy atom. The number of hydrogen-bond donors (Lipinski definition) is 1. The van der Waals surface area contributed by atoms with Gasteiger partial charge in [-0.05, 0) is 19.3 Å². The van der Waals surface area contributed by atoms with Crippen LogP contribution in [0.2, 0.25) is 5.15 Å². The molecular weight excluding hydrogens is 289 g/mol. The van der Waals surface area contributed by atoms with Crippen LogP contribution in [-0.2, 0) is 6.42 Å². The van der Waals surface area contributed by atoms with E-state index in [0.29, 0.717) is 29.0 Å². The highest BCUT2D eigenvalue weighted by Gasteiger charge is 2.30. The number of carbonyl (C=O) groups is 1. The van der Waals surface area contributed by atoms with Crippen LogP contribution < -0.4 is 0 Å². The van der Waals surface area contributed by atoms with Gasteiger partial charge in [0.2, 0.25) is 0 Å². The van der Waals surface area contributed by atoms with E-state index in [1.807, 2.05) is 0 Å².